The van der Waals surface area contributed by atoms with Crippen molar-refractivity contribution in [3.63, 3.8) is 0 Å². The van der Waals surface area contributed by atoms with Crippen LogP contribution in [0.3, 0.4) is 0 Å². The fraction of sp³-hybridized carbons (Fsp3) is 0.700. The summed E-state index contributed by atoms with van der Waals surface area (Å²) in [7, 11) is 5.55. The Morgan fingerprint density at radius 2 is 1.86 bits per heavy atom. The Morgan fingerprint density at radius 3 is 2.29 bits per heavy atom. The highest BCUT2D eigenvalue weighted by atomic mass is 16.2. The quantitative estimate of drug-likeness (QED) is 0.657. The summed E-state index contributed by atoms with van der Waals surface area (Å²) in [5.41, 5.74) is 0. The molecule has 0 aromatic carbocycles. The largest absolute Gasteiger partial charge is 0.341 e. The lowest BCUT2D eigenvalue weighted by molar-refractivity contribution is 0.209. The summed E-state index contributed by atoms with van der Waals surface area (Å²) in [5.74, 6) is 5.94. The number of amides is 2. The van der Waals surface area contributed by atoms with E-state index >= 15 is 0 Å². The first-order valence-corrected chi connectivity index (χ1v) is 4.69. The summed E-state index contributed by atoms with van der Waals surface area (Å²) in [6.07, 6.45) is 0. The lowest BCUT2D eigenvalue weighted by Crippen LogP contribution is -2.38. The van der Waals surface area contributed by atoms with E-state index in [9.17, 15) is 4.79 Å². The summed E-state index contributed by atoms with van der Waals surface area (Å²) in [4.78, 5) is 14.9. The van der Waals surface area contributed by atoms with Crippen molar-refractivity contribution in [2.24, 2.45) is 0 Å². The van der Waals surface area contributed by atoms with E-state index in [-0.39, 0.29) is 6.03 Å². The fourth-order valence-corrected chi connectivity index (χ4v) is 0.851. The first kappa shape index (κ1) is 12.8. The number of rotatable bonds is 3. The predicted octanol–water partition coefficient (Wildman–Crippen LogP) is 0.213. The first-order chi connectivity index (χ1) is 6.61. The van der Waals surface area contributed by atoms with Crippen LogP contribution in [-0.2, 0) is 0 Å². The standard InChI is InChI=1S/C10H19N3O/c1-5-13(10(14)11-2)9-7-6-8-12(3)4/h5,8-9H2,1-4H3,(H,11,14). The second-order valence-corrected chi connectivity index (χ2v) is 3.16. The highest BCUT2D eigenvalue weighted by Gasteiger charge is 2.05. The summed E-state index contributed by atoms with van der Waals surface area (Å²) in [5, 5.41) is 2.57. The average Bonchev–Trinajstić information content (AvgIpc) is 2.16. The van der Waals surface area contributed by atoms with Crippen molar-refractivity contribution in [2.45, 2.75) is 6.92 Å². The topological polar surface area (TPSA) is 35.6 Å². The molecule has 0 radical (unpaired) electrons. The van der Waals surface area contributed by atoms with Crippen LogP contribution in [0.1, 0.15) is 6.92 Å². The van der Waals surface area contributed by atoms with Gasteiger partial charge in [0.15, 0.2) is 0 Å². The van der Waals surface area contributed by atoms with Crippen molar-refractivity contribution in [3.8, 4) is 11.8 Å². The molecule has 0 aliphatic heterocycles. The maximum atomic E-state index is 11.2. The monoisotopic (exact) mass is 197 g/mol. The Kier molecular flexibility index (Phi) is 6.59. The zero-order valence-corrected chi connectivity index (χ0v) is 9.42. The molecular formula is C10H19N3O. The van der Waals surface area contributed by atoms with Gasteiger partial charge in [-0.25, -0.2) is 4.79 Å². The Hall–Kier alpha value is -1.21. The van der Waals surface area contributed by atoms with Gasteiger partial charge in [-0.05, 0) is 21.0 Å². The van der Waals surface area contributed by atoms with E-state index in [1.165, 1.54) is 0 Å². The molecule has 0 fully saturated rings. The third-order valence-corrected chi connectivity index (χ3v) is 1.67. The summed E-state index contributed by atoms with van der Waals surface area (Å²) >= 11 is 0. The fourth-order valence-electron chi connectivity index (χ4n) is 0.851. The molecule has 0 saturated carbocycles. The summed E-state index contributed by atoms with van der Waals surface area (Å²) < 4.78 is 0. The molecule has 4 nitrogen and oxygen atoms in total. The Labute approximate surface area is 86.3 Å². The van der Waals surface area contributed by atoms with E-state index in [4.69, 9.17) is 0 Å². The van der Waals surface area contributed by atoms with E-state index in [1.54, 1.807) is 11.9 Å². The van der Waals surface area contributed by atoms with Gasteiger partial charge in [-0.15, -0.1) is 0 Å². The van der Waals surface area contributed by atoms with Crippen LogP contribution in [0.5, 0.6) is 0 Å². The molecule has 0 aliphatic rings. The lowest BCUT2D eigenvalue weighted by Gasteiger charge is -2.16. The van der Waals surface area contributed by atoms with Crippen LogP contribution in [0.4, 0.5) is 4.79 Å². The molecule has 0 bridgehead atoms. The van der Waals surface area contributed by atoms with E-state index in [1.807, 2.05) is 25.9 Å². The Bertz CT molecular complexity index is 227. The highest BCUT2D eigenvalue weighted by molar-refractivity contribution is 5.74. The summed E-state index contributed by atoms with van der Waals surface area (Å²) in [6, 6.07) is -0.0772. The molecule has 14 heavy (non-hydrogen) atoms. The van der Waals surface area contributed by atoms with Crippen molar-refractivity contribution < 1.29 is 4.79 Å². The number of nitrogens with zero attached hydrogens (tertiary/aromatic N) is 2. The van der Waals surface area contributed by atoms with Crippen LogP contribution in [0.2, 0.25) is 0 Å². The zero-order chi connectivity index (χ0) is 11.0. The van der Waals surface area contributed by atoms with E-state index < -0.39 is 0 Å². The molecule has 1 N–H and O–H groups in total. The molecule has 4 heteroatoms. The molecule has 0 atom stereocenters. The van der Waals surface area contributed by atoms with Gasteiger partial charge in [-0.2, -0.15) is 0 Å². The van der Waals surface area contributed by atoms with E-state index in [0.29, 0.717) is 13.1 Å². The molecule has 0 rings (SSSR count). The summed E-state index contributed by atoms with van der Waals surface area (Å²) in [6.45, 7) is 3.83. The van der Waals surface area contributed by atoms with Crippen molar-refractivity contribution >= 4 is 6.03 Å². The minimum atomic E-state index is -0.0772. The van der Waals surface area contributed by atoms with Gasteiger partial charge in [0.1, 0.15) is 0 Å². The minimum Gasteiger partial charge on any atom is -0.341 e. The van der Waals surface area contributed by atoms with Crippen LogP contribution >= 0.6 is 0 Å². The van der Waals surface area contributed by atoms with Gasteiger partial charge >= 0.3 is 6.03 Å². The van der Waals surface area contributed by atoms with E-state index in [0.717, 1.165) is 6.54 Å². The van der Waals surface area contributed by atoms with Crippen LogP contribution in [0, 0.1) is 11.8 Å². The van der Waals surface area contributed by atoms with Crippen LogP contribution in [0.15, 0.2) is 0 Å². The van der Waals surface area contributed by atoms with Crippen LogP contribution in [0.25, 0.3) is 0 Å². The predicted molar refractivity (Wildman–Crippen MR) is 58.0 cm³/mol. The number of urea groups is 1. The normalized spacial score (nSPS) is 9.21. The molecule has 0 heterocycles. The Balaban J connectivity index is 3.93. The van der Waals surface area contributed by atoms with Crippen molar-refractivity contribution in [3.05, 3.63) is 0 Å². The maximum Gasteiger partial charge on any atom is 0.317 e. The van der Waals surface area contributed by atoms with Gasteiger partial charge in [-0.1, -0.05) is 11.8 Å². The molecule has 0 aliphatic carbocycles. The zero-order valence-electron chi connectivity index (χ0n) is 9.42. The van der Waals surface area contributed by atoms with E-state index in [2.05, 4.69) is 17.2 Å². The third-order valence-electron chi connectivity index (χ3n) is 1.67. The number of hydrogen-bond acceptors (Lipinski definition) is 2. The third kappa shape index (κ3) is 5.44. The smallest absolute Gasteiger partial charge is 0.317 e. The van der Waals surface area contributed by atoms with Crippen LogP contribution in [-0.4, -0.2) is 56.6 Å². The van der Waals surface area contributed by atoms with Gasteiger partial charge in [0, 0.05) is 13.6 Å². The molecular weight excluding hydrogens is 178 g/mol. The van der Waals surface area contributed by atoms with Crippen molar-refractivity contribution in [1.29, 1.82) is 0 Å². The Morgan fingerprint density at radius 1 is 1.29 bits per heavy atom. The van der Waals surface area contributed by atoms with Gasteiger partial charge in [0.05, 0.1) is 13.1 Å². The molecule has 0 aromatic rings. The average molecular weight is 197 g/mol. The molecule has 0 saturated heterocycles. The number of hydrogen-bond donors (Lipinski definition) is 1. The first-order valence-electron chi connectivity index (χ1n) is 4.69. The number of carbonyl (C=O) groups is 1. The second kappa shape index (κ2) is 7.22. The molecule has 0 aromatic heterocycles. The maximum absolute atomic E-state index is 11.2. The van der Waals surface area contributed by atoms with Gasteiger partial charge in [0.2, 0.25) is 0 Å². The van der Waals surface area contributed by atoms with Crippen molar-refractivity contribution in [2.75, 3.05) is 40.8 Å². The molecule has 0 spiro atoms. The highest BCUT2D eigenvalue weighted by Crippen LogP contribution is 1.86. The molecule has 80 valence electrons. The molecule has 0 unspecified atom stereocenters. The van der Waals surface area contributed by atoms with Crippen molar-refractivity contribution in [1.82, 2.24) is 15.1 Å². The van der Waals surface area contributed by atoms with Gasteiger partial charge in [-0.3, -0.25) is 4.90 Å². The lowest BCUT2D eigenvalue weighted by atomic mass is 10.4. The minimum absolute atomic E-state index is 0.0772. The van der Waals surface area contributed by atoms with Gasteiger partial charge in [0.25, 0.3) is 0 Å². The van der Waals surface area contributed by atoms with Gasteiger partial charge < -0.3 is 10.2 Å². The second-order valence-electron chi connectivity index (χ2n) is 3.16. The molecule has 2 amide bonds. The van der Waals surface area contributed by atoms with Crippen LogP contribution < -0.4 is 5.32 Å². The number of nitrogens with one attached hydrogen (secondary N) is 1. The SMILES string of the molecule is CCN(CC#CCN(C)C)C(=O)NC. The number of carbonyl (C=O) groups excluding carboxylic acids is 1.